The zero-order chi connectivity index (χ0) is 12.3. The maximum atomic E-state index is 11.5. The number of hydrogen-bond acceptors (Lipinski definition) is 5. The predicted octanol–water partition coefficient (Wildman–Crippen LogP) is 1.10. The smallest absolute Gasteiger partial charge is 0.410 e. The average Bonchev–Trinajstić information content (AvgIpc) is 1.96. The number of carbonyl (C=O) groups excluding carboxylic acids is 2. The van der Waals surface area contributed by atoms with Crippen LogP contribution in [0.4, 0.5) is 4.79 Å². The van der Waals surface area contributed by atoms with E-state index in [2.05, 4.69) is 4.89 Å². The van der Waals surface area contributed by atoms with E-state index in [0.29, 0.717) is 13.1 Å². The number of likely N-dealkylation sites (tertiary alicyclic amines) is 1. The Hall–Kier alpha value is -1.30. The molecule has 16 heavy (non-hydrogen) atoms. The molecule has 1 fully saturated rings. The van der Waals surface area contributed by atoms with Gasteiger partial charge in [-0.1, -0.05) is 0 Å². The van der Waals surface area contributed by atoms with Crippen LogP contribution in [-0.2, 0) is 19.3 Å². The minimum atomic E-state index is -0.504. The van der Waals surface area contributed by atoms with Crippen LogP contribution in [0.25, 0.3) is 0 Å². The second-order valence-electron chi connectivity index (χ2n) is 4.68. The Balaban J connectivity index is 2.20. The van der Waals surface area contributed by atoms with Gasteiger partial charge in [0.25, 0.3) is 0 Å². The molecule has 0 atom stereocenters. The van der Waals surface area contributed by atoms with Crippen LogP contribution in [0.1, 0.15) is 27.7 Å². The Labute approximate surface area is 94.4 Å². The first-order valence-electron chi connectivity index (χ1n) is 5.10. The highest BCUT2D eigenvalue weighted by atomic mass is 17.2. The monoisotopic (exact) mass is 231 g/mol. The van der Waals surface area contributed by atoms with Gasteiger partial charge in [0.15, 0.2) is 0 Å². The molecule has 0 radical (unpaired) electrons. The molecule has 1 aliphatic heterocycles. The summed E-state index contributed by atoms with van der Waals surface area (Å²) in [5, 5.41) is 0. The van der Waals surface area contributed by atoms with E-state index in [4.69, 9.17) is 9.62 Å². The Kier molecular flexibility index (Phi) is 3.74. The van der Waals surface area contributed by atoms with Crippen LogP contribution in [0.15, 0.2) is 0 Å². The summed E-state index contributed by atoms with van der Waals surface area (Å²) in [6, 6.07) is 0. The summed E-state index contributed by atoms with van der Waals surface area (Å²) in [4.78, 5) is 32.5. The highest BCUT2D eigenvalue weighted by molar-refractivity contribution is 5.69. The van der Waals surface area contributed by atoms with Gasteiger partial charge in [-0.2, -0.15) is 4.89 Å². The summed E-state index contributed by atoms with van der Waals surface area (Å²) >= 11 is 0. The Morgan fingerprint density at radius 1 is 1.25 bits per heavy atom. The van der Waals surface area contributed by atoms with Crippen molar-refractivity contribution in [3.8, 4) is 0 Å². The zero-order valence-electron chi connectivity index (χ0n) is 9.98. The van der Waals surface area contributed by atoms with Crippen LogP contribution in [0.3, 0.4) is 0 Å². The summed E-state index contributed by atoms with van der Waals surface area (Å²) in [5.74, 6) is -0.504. The van der Waals surface area contributed by atoms with E-state index in [1.807, 2.05) is 0 Å². The van der Waals surface area contributed by atoms with Crippen molar-refractivity contribution in [2.45, 2.75) is 39.4 Å². The topological polar surface area (TPSA) is 65.1 Å². The van der Waals surface area contributed by atoms with Crippen LogP contribution in [-0.4, -0.2) is 41.8 Å². The number of carbonyl (C=O) groups is 2. The number of hydrogen-bond donors (Lipinski definition) is 0. The fourth-order valence-corrected chi connectivity index (χ4v) is 1.11. The molecule has 0 spiro atoms. The summed E-state index contributed by atoms with van der Waals surface area (Å²) in [5.41, 5.74) is -0.501. The van der Waals surface area contributed by atoms with E-state index < -0.39 is 11.6 Å². The van der Waals surface area contributed by atoms with Crippen molar-refractivity contribution in [1.82, 2.24) is 4.90 Å². The van der Waals surface area contributed by atoms with Crippen molar-refractivity contribution in [1.29, 1.82) is 0 Å². The molecule has 92 valence electrons. The van der Waals surface area contributed by atoms with Crippen LogP contribution < -0.4 is 0 Å². The third-order valence-corrected chi connectivity index (χ3v) is 1.80. The van der Waals surface area contributed by atoms with Gasteiger partial charge in [-0.25, -0.2) is 9.59 Å². The van der Waals surface area contributed by atoms with E-state index >= 15 is 0 Å². The second-order valence-corrected chi connectivity index (χ2v) is 4.68. The molecule has 1 rings (SSSR count). The van der Waals surface area contributed by atoms with Gasteiger partial charge in [0.05, 0.1) is 13.1 Å². The lowest BCUT2D eigenvalue weighted by molar-refractivity contribution is -0.312. The summed E-state index contributed by atoms with van der Waals surface area (Å²) in [7, 11) is 0. The number of amides is 1. The second kappa shape index (κ2) is 4.69. The van der Waals surface area contributed by atoms with Crippen LogP contribution in [0.2, 0.25) is 0 Å². The molecule has 0 bridgehead atoms. The molecule has 6 heteroatoms. The van der Waals surface area contributed by atoms with Crippen molar-refractivity contribution in [3.05, 3.63) is 0 Å². The van der Waals surface area contributed by atoms with Crippen LogP contribution in [0, 0.1) is 0 Å². The van der Waals surface area contributed by atoms with Gasteiger partial charge in [-0.3, -0.25) is 4.89 Å². The molecular weight excluding hydrogens is 214 g/mol. The van der Waals surface area contributed by atoms with Crippen LogP contribution >= 0.6 is 0 Å². The number of ether oxygens (including phenoxy) is 1. The summed E-state index contributed by atoms with van der Waals surface area (Å²) in [6.45, 7) is 7.42. The minimum absolute atomic E-state index is 0.253. The van der Waals surface area contributed by atoms with Crippen molar-refractivity contribution >= 4 is 12.1 Å². The molecule has 0 saturated carbocycles. The minimum Gasteiger partial charge on any atom is -0.444 e. The van der Waals surface area contributed by atoms with Gasteiger partial charge in [-0.05, 0) is 20.8 Å². The quantitative estimate of drug-likeness (QED) is 0.526. The van der Waals surface area contributed by atoms with Crippen molar-refractivity contribution < 1.29 is 24.1 Å². The highest BCUT2D eigenvalue weighted by Gasteiger charge is 2.35. The third kappa shape index (κ3) is 4.06. The van der Waals surface area contributed by atoms with Crippen molar-refractivity contribution in [2.75, 3.05) is 13.1 Å². The van der Waals surface area contributed by atoms with Crippen LogP contribution in [0.5, 0.6) is 0 Å². The van der Waals surface area contributed by atoms with E-state index in [9.17, 15) is 9.59 Å². The summed E-state index contributed by atoms with van der Waals surface area (Å²) in [6.07, 6.45) is -0.633. The number of rotatable bonds is 2. The zero-order valence-corrected chi connectivity index (χ0v) is 9.98. The molecule has 1 heterocycles. The fourth-order valence-electron chi connectivity index (χ4n) is 1.11. The molecule has 1 amide bonds. The Bertz CT molecular complexity index is 277. The Morgan fingerprint density at radius 3 is 2.25 bits per heavy atom. The first-order chi connectivity index (χ1) is 7.28. The maximum absolute atomic E-state index is 11.5. The van der Waals surface area contributed by atoms with Gasteiger partial charge in [0, 0.05) is 6.92 Å². The Morgan fingerprint density at radius 2 is 1.81 bits per heavy atom. The largest absolute Gasteiger partial charge is 0.444 e. The highest BCUT2D eigenvalue weighted by Crippen LogP contribution is 2.17. The molecule has 6 nitrogen and oxygen atoms in total. The molecule has 1 aliphatic rings. The van der Waals surface area contributed by atoms with E-state index in [1.54, 1.807) is 20.8 Å². The molecule has 1 saturated heterocycles. The fraction of sp³-hybridized carbons (Fsp3) is 0.800. The van der Waals surface area contributed by atoms with Gasteiger partial charge in [0.2, 0.25) is 0 Å². The average molecular weight is 231 g/mol. The molecule has 0 N–H and O–H groups in total. The van der Waals surface area contributed by atoms with E-state index in [0.717, 1.165) is 0 Å². The van der Waals surface area contributed by atoms with Crippen molar-refractivity contribution in [2.24, 2.45) is 0 Å². The molecule has 0 aromatic rings. The van der Waals surface area contributed by atoms with Gasteiger partial charge >= 0.3 is 12.1 Å². The normalized spacial score (nSPS) is 16.6. The lowest BCUT2D eigenvalue weighted by atomic mass is 10.2. The van der Waals surface area contributed by atoms with E-state index in [-0.39, 0.29) is 12.2 Å². The third-order valence-electron chi connectivity index (χ3n) is 1.80. The van der Waals surface area contributed by atoms with Crippen molar-refractivity contribution in [3.63, 3.8) is 0 Å². The summed E-state index contributed by atoms with van der Waals surface area (Å²) < 4.78 is 5.14. The van der Waals surface area contributed by atoms with Gasteiger partial charge in [-0.15, -0.1) is 0 Å². The lowest BCUT2D eigenvalue weighted by Gasteiger charge is -2.37. The maximum Gasteiger partial charge on any atom is 0.410 e. The molecular formula is C10H17NO5. The SMILES string of the molecule is CC(=O)OOC1CN(C(=O)OC(C)(C)C)C1. The first-order valence-corrected chi connectivity index (χ1v) is 5.10. The molecule has 0 unspecified atom stereocenters. The molecule has 0 aliphatic carbocycles. The molecule has 0 aromatic carbocycles. The first kappa shape index (κ1) is 12.8. The van der Waals surface area contributed by atoms with Gasteiger partial charge < -0.3 is 9.64 Å². The van der Waals surface area contributed by atoms with E-state index in [1.165, 1.54) is 11.8 Å². The lowest BCUT2D eigenvalue weighted by Crippen LogP contribution is -2.55. The predicted molar refractivity (Wildman–Crippen MR) is 54.4 cm³/mol. The standard InChI is InChI=1S/C10H17NO5/c1-7(12)15-16-8-5-11(6-8)9(13)14-10(2,3)4/h8H,5-6H2,1-4H3. The van der Waals surface area contributed by atoms with Gasteiger partial charge in [0.1, 0.15) is 11.7 Å². The number of nitrogens with zero attached hydrogens (tertiary/aromatic N) is 1. The molecule has 0 aromatic heterocycles.